The zero-order valence-electron chi connectivity index (χ0n) is 13.9. The molecule has 3 saturated carbocycles. The number of hydrogen-bond donors (Lipinski definition) is 1. The van der Waals surface area contributed by atoms with Gasteiger partial charge in [0.15, 0.2) is 0 Å². The molecule has 3 aliphatic carbocycles. The minimum absolute atomic E-state index is 0.0597. The Labute approximate surface area is 135 Å². The monoisotopic (exact) mass is 324 g/mol. The summed E-state index contributed by atoms with van der Waals surface area (Å²) in [4.78, 5) is 39.1. The van der Waals surface area contributed by atoms with E-state index in [-0.39, 0.29) is 12.0 Å². The van der Waals surface area contributed by atoms with Crippen LogP contribution in [0.3, 0.4) is 0 Å². The summed E-state index contributed by atoms with van der Waals surface area (Å²) >= 11 is 0. The van der Waals surface area contributed by atoms with Crippen LogP contribution >= 0.6 is 0 Å². The van der Waals surface area contributed by atoms with Gasteiger partial charge >= 0.3 is 12.1 Å². The zero-order valence-corrected chi connectivity index (χ0v) is 13.9. The van der Waals surface area contributed by atoms with Crippen LogP contribution in [0.25, 0.3) is 0 Å². The average Bonchev–Trinajstić information content (AvgIpc) is 2.33. The quantitative estimate of drug-likeness (QED) is 0.828. The summed E-state index contributed by atoms with van der Waals surface area (Å²) in [5.74, 6) is -0.716. The maximum atomic E-state index is 12.6. The van der Waals surface area contributed by atoms with E-state index in [0.29, 0.717) is 45.4 Å². The fourth-order valence-corrected chi connectivity index (χ4v) is 4.00. The normalized spacial score (nSPS) is 32.7. The Morgan fingerprint density at radius 1 is 0.913 bits per heavy atom. The van der Waals surface area contributed by atoms with Gasteiger partial charge in [0.2, 0.25) is 5.91 Å². The SMILES string of the molecule is CC(C)(C)OC(=O)N1CCN(C(=O)C23CC(C(=O)O)(C2)C3)CC1. The van der Waals surface area contributed by atoms with E-state index in [2.05, 4.69) is 0 Å². The first-order chi connectivity index (χ1) is 10.6. The molecule has 2 bridgehead atoms. The number of carbonyl (C=O) groups excluding carboxylic acids is 2. The van der Waals surface area contributed by atoms with Crippen molar-refractivity contribution in [3.05, 3.63) is 0 Å². The molecule has 0 atom stereocenters. The molecule has 0 unspecified atom stereocenters. The van der Waals surface area contributed by atoms with Crippen molar-refractivity contribution in [2.75, 3.05) is 26.2 Å². The lowest BCUT2D eigenvalue weighted by molar-refractivity contribution is -0.226. The van der Waals surface area contributed by atoms with E-state index < -0.39 is 22.4 Å². The molecular formula is C16H24N2O5. The zero-order chi connectivity index (χ0) is 17.0. The first-order valence-corrected chi connectivity index (χ1v) is 8.08. The van der Waals surface area contributed by atoms with Crippen LogP contribution in [0.2, 0.25) is 0 Å². The molecule has 4 fully saturated rings. The van der Waals surface area contributed by atoms with Crippen molar-refractivity contribution in [2.24, 2.45) is 10.8 Å². The van der Waals surface area contributed by atoms with Crippen molar-refractivity contribution in [1.82, 2.24) is 9.80 Å². The summed E-state index contributed by atoms with van der Waals surface area (Å²) in [6.07, 6.45) is 1.07. The fraction of sp³-hybridized carbons (Fsp3) is 0.812. The standard InChI is InChI=1S/C16H24N2O5/c1-14(2,3)23-13(22)18-6-4-17(5-7-18)11(19)15-8-16(9-15,10-15)12(20)21/h4-10H2,1-3H3,(H,20,21). The lowest BCUT2D eigenvalue weighted by Gasteiger charge is -2.67. The van der Waals surface area contributed by atoms with Gasteiger partial charge in [-0.15, -0.1) is 0 Å². The number of carboxylic acid groups (broad SMARTS) is 1. The molecule has 1 N–H and O–H groups in total. The Morgan fingerprint density at radius 3 is 1.83 bits per heavy atom. The molecule has 7 nitrogen and oxygen atoms in total. The number of nitrogens with zero attached hydrogens (tertiary/aromatic N) is 2. The topological polar surface area (TPSA) is 87.2 Å². The summed E-state index contributed by atoms with van der Waals surface area (Å²) in [5, 5.41) is 9.14. The number of ether oxygens (including phenoxy) is 1. The number of carbonyl (C=O) groups is 3. The molecule has 7 heteroatoms. The third-order valence-corrected chi connectivity index (χ3v) is 5.16. The van der Waals surface area contributed by atoms with E-state index in [0.717, 1.165) is 0 Å². The largest absolute Gasteiger partial charge is 0.481 e. The van der Waals surface area contributed by atoms with E-state index in [1.54, 1.807) is 9.80 Å². The predicted octanol–water partition coefficient (Wildman–Crippen LogP) is 1.32. The number of aliphatic carboxylic acids is 1. The Bertz CT molecular complexity index is 538. The van der Waals surface area contributed by atoms with Crippen LogP contribution in [0.15, 0.2) is 0 Å². The number of piperazine rings is 1. The summed E-state index contributed by atoms with van der Waals surface area (Å²) < 4.78 is 5.34. The van der Waals surface area contributed by atoms with Gasteiger partial charge in [0.1, 0.15) is 5.60 Å². The van der Waals surface area contributed by atoms with Gasteiger partial charge in [0.25, 0.3) is 0 Å². The van der Waals surface area contributed by atoms with Crippen LogP contribution in [0.4, 0.5) is 4.79 Å². The number of carboxylic acids is 1. The lowest BCUT2D eigenvalue weighted by atomic mass is 9.34. The van der Waals surface area contributed by atoms with E-state index in [4.69, 9.17) is 9.84 Å². The predicted molar refractivity (Wildman–Crippen MR) is 80.7 cm³/mol. The summed E-state index contributed by atoms with van der Waals surface area (Å²) in [7, 11) is 0. The molecule has 23 heavy (non-hydrogen) atoms. The van der Waals surface area contributed by atoms with Gasteiger partial charge in [-0.25, -0.2) is 4.79 Å². The molecule has 4 aliphatic rings. The van der Waals surface area contributed by atoms with Crippen molar-refractivity contribution in [1.29, 1.82) is 0 Å². The Balaban J connectivity index is 1.50. The van der Waals surface area contributed by atoms with Crippen molar-refractivity contribution < 1.29 is 24.2 Å². The minimum Gasteiger partial charge on any atom is -0.481 e. The summed E-state index contributed by atoms with van der Waals surface area (Å²) in [6, 6.07) is 0. The van der Waals surface area contributed by atoms with Gasteiger partial charge in [-0.2, -0.15) is 0 Å². The molecule has 1 saturated heterocycles. The molecular weight excluding hydrogens is 300 g/mol. The van der Waals surface area contributed by atoms with Crippen LogP contribution in [-0.2, 0) is 14.3 Å². The van der Waals surface area contributed by atoms with Crippen LogP contribution in [-0.4, -0.2) is 64.7 Å². The van der Waals surface area contributed by atoms with Crippen LogP contribution in [0.5, 0.6) is 0 Å². The highest BCUT2D eigenvalue weighted by atomic mass is 16.6. The molecule has 0 aromatic carbocycles. The third kappa shape index (κ3) is 2.56. The van der Waals surface area contributed by atoms with Gasteiger partial charge in [0, 0.05) is 26.2 Å². The van der Waals surface area contributed by atoms with Crippen LogP contribution < -0.4 is 0 Å². The lowest BCUT2D eigenvalue weighted by Crippen LogP contribution is -2.71. The highest BCUT2D eigenvalue weighted by molar-refractivity contribution is 5.93. The second kappa shape index (κ2) is 4.85. The second-order valence-corrected chi connectivity index (χ2v) is 8.16. The molecule has 0 aromatic rings. The number of hydrogen-bond acceptors (Lipinski definition) is 4. The van der Waals surface area contributed by atoms with Crippen LogP contribution in [0.1, 0.15) is 40.0 Å². The highest BCUT2D eigenvalue weighted by Gasteiger charge is 2.75. The van der Waals surface area contributed by atoms with Crippen LogP contribution in [0, 0.1) is 10.8 Å². The molecule has 0 radical (unpaired) electrons. The van der Waals surface area contributed by atoms with Gasteiger partial charge in [-0.05, 0) is 40.0 Å². The van der Waals surface area contributed by atoms with Gasteiger partial charge < -0.3 is 19.6 Å². The second-order valence-electron chi connectivity index (χ2n) is 8.16. The minimum atomic E-state index is -0.776. The van der Waals surface area contributed by atoms with Gasteiger partial charge in [-0.3, -0.25) is 9.59 Å². The maximum absolute atomic E-state index is 12.6. The van der Waals surface area contributed by atoms with E-state index in [1.165, 1.54) is 0 Å². The molecule has 4 rings (SSSR count). The molecule has 0 aromatic heterocycles. The average molecular weight is 324 g/mol. The van der Waals surface area contributed by atoms with Gasteiger partial charge in [-0.1, -0.05) is 0 Å². The number of rotatable bonds is 2. The first-order valence-electron chi connectivity index (χ1n) is 8.08. The van der Waals surface area contributed by atoms with Crippen molar-refractivity contribution >= 4 is 18.0 Å². The van der Waals surface area contributed by atoms with Gasteiger partial charge in [0.05, 0.1) is 10.8 Å². The first kappa shape index (κ1) is 16.1. The van der Waals surface area contributed by atoms with Crippen molar-refractivity contribution in [3.8, 4) is 0 Å². The summed E-state index contributed by atoms with van der Waals surface area (Å²) in [6.45, 7) is 7.37. The van der Waals surface area contributed by atoms with Crippen molar-refractivity contribution in [2.45, 2.75) is 45.6 Å². The number of amides is 2. The molecule has 1 aliphatic heterocycles. The Morgan fingerprint density at radius 2 is 1.39 bits per heavy atom. The van der Waals surface area contributed by atoms with E-state index in [9.17, 15) is 14.4 Å². The molecule has 1 heterocycles. The molecule has 128 valence electrons. The fourth-order valence-electron chi connectivity index (χ4n) is 4.00. The summed E-state index contributed by atoms with van der Waals surface area (Å²) in [5.41, 5.74) is -1.60. The van der Waals surface area contributed by atoms with Crippen molar-refractivity contribution in [3.63, 3.8) is 0 Å². The third-order valence-electron chi connectivity index (χ3n) is 5.16. The van der Waals surface area contributed by atoms with E-state index in [1.807, 2.05) is 20.8 Å². The van der Waals surface area contributed by atoms with E-state index >= 15 is 0 Å². The Kier molecular flexibility index (Phi) is 3.39. The molecule has 2 amide bonds. The Hall–Kier alpha value is -1.79. The maximum Gasteiger partial charge on any atom is 0.410 e. The molecule has 0 spiro atoms. The smallest absolute Gasteiger partial charge is 0.410 e. The highest BCUT2D eigenvalue weighted by Crippen LogP contribution is 2.73.